The first-order chi connectivity index (χ1) is 17.0. The molecule has 0 aliphatic carbocycles. The molecule has 3 atom stereocenters. The molecule has 0 saturated carbocycles. The predicted octanol–water partition coefficient (Wildman–Crippen LogP) is 4.04. The van der Waals surface area contributed by atoms with Crippen LogP contribution in [0.3, 0.4) is 0 Å². The standard InChI is InChI=1S/C28H45IN4O4/c1-17(2)21(15-18(3)26(36)37)33(10)25(35)23(27(4,5)6)32-24(34)22(30-9)28(7,8)20-13-11-19(12-14-20)16-31-29/h11-15,17,21-23,30-31H,16H2,1-10H3,(H,32,34)(H,36,37)/b18-15+/t21-,22+,23-/m1/s1. The van der Waals surface area contributed by atoms with Gasteiger partial charge in [0.15, 0.2) is 0 Å². The monoisotopic (exact) mass is 628 g/mol. The Balaban J connectivity index is 3.29. The molecular formula is C28H45IN4O4. The van der Waals surface area contributed by atoms with Gasteiger partial charge in [-0.15, -0.1) is 0 Å². The smallest absolute Gasteiger partial charge is 0.331 e. The SMILES string of the molecule is CN[C@@H](C(=O)N[C@H](C(=O)N(C)[C@H](/C=C(\C)C(=O)O)C(C)C)C(C)(C)C)C(C)(C)c1ccc(CNI)cc1. The average molecular weight is 629 g/mol. The molecule has 208 valence electrons. The summed E-state index contributed by atoms with van der Waals surface area (Å²) in [6.07, 6.45) is 1.60. The van der Waals surface area contributed by atoms with Crippen LogP contribution in [0.15, 0.2) is 35.9 Å². The minimum absolute atomic E-state index is 0.0195. The molecule has 9 heteroatoms. The van der Waals surface area contributed by atoms with Crippen LogP contribution in [0.1, 0.15) is 66.5 Å². The zero-order valence-corrected chi connectivity index (χ0v) is 26.1. The fraction of sp³-hybridized carbons (Fsp3) is 0.607. The van der Waals surface area contributed by atoms with Crippen molar-refractivity contribution in [2.45, 2.75) is 85.5 Å². The van der Waals surface area contributed by atoms with Gasteiger partial charge in [0.1, 0.15) is 6.04 Å². The average Bonchev–Trinajstić information content (AvgIpc) is 2.79. The minimum Gasteiger partial charge on any atom is -0.478 e. The maximum absolute atomic E-state index is 13.8. The van der Waals surface area contributed by atoms with Crippen LogP contribution in [-0.4, -0.2) is 60.0 Å². The van der Waals surface area contributed by atoms with Crippen LogP contribution < -0.4 is 14.2 Å². The molecule has 0 aliphatic heterocycles. The van der Waals surface area contributed by atoms with Crippen molar-refractivity contribution >= 4 is 40.6 Å². The molecule has 0 heterocycles. The van der Waals surface area contributed by atoms with E-state index >= 15 is 0 Å². The fourth-order valence-corrected chi connectivity index (χ4v) is 4.86. The number of carboxylic acid groups (broad SMARTS) is 1. The highest BCUT2D eigenvalue weighted by Crippen LogP contribution is 2.29. The summed E-state index contributed by atoms with van der Waals surface area (Å²) in [5, 5.41) is 15.5. The Labute approximate surface area is 236 Å². The van der Waals surface area contributed by atoms with Gasteiger partial charge in [-0.1, -0.05) is 78.8 Å². The summed E-state index contributed by atoms with van der Waals surface area (Å²) in [5.41, 5.74) is 1.18. The highest BCUT2D eigenvalue weighted by atomic mass is 127. The third-order valence-corrected chi connectivity index (χ3v) is 7.26. The second kappa shape index (κ2) is 13.7. The lowest BCUT2D eigenvalue weighted by atomic mass is 9.76. The van der Waals surface area contributed by atoms with Crippen LogP contribution in [0.2, 0.25) is 0 Å². The van der Waals surface area contributed by atoms with E-state index < -0.39 is 34.9 Å². The van der Waals surface area contributed by atoms with Crippen LogP contribution in [0.25, 0.3) is 0 Å². The number of amides is 2. The third-order valence-electron chi connectivity index (χ3n) is 6.88. The number of carboxylic acids is 1. The van der Waals surface area contributed by atoms with Crippen molar-refractivity contribution in [3.8, 4) is 0 Å². The number of hydrogen-bond acceptors (Lipinski definition) is 5. The van der Waals surface area contributed by atoms with Gasteiger partial charge in [-0.25, -0.2) is 4.79 Å². The zero-order valence-electron chi connectivity index (χ0n) is 23.9. The number of carbonyl (C=O) groups excluding carboxylic acids is 2. The van der Waals surface area contributed by atoms with Gasteiger partial charge in [0, 0.05) is 47.4 Å². The van der Waals surface area contributed by atoms with Crippen molar-refractivity contribution in [1.82, 2.24) is 19.1 Å². The Morgan fingerprint density at radius 3 is 2.00 bits per heavy atom. The Kier molecular flexibility index (Phi) is 12.2. The second-order valence-electron chi connectivity index (χ2n) is 11.6. The Morgan fingerprint density at radius 1 is 1.05 bits per heavy atom. The van der Waals surface area contributed by atoms with E-state index in [2.05, 4.69) is 37.0 Å². The molecular weight excluding hydrogens is 583 g/mol. The molecule has 0 bridgehead atoms. The molecule has 1 aromatic rings. The summed E-state index contributed by atoms with van der Waals surface area (Å²) in [6, 6.07) is 6.31. The Hall–Kier alpha value is -1.98. The molecule has 8 nitrogen and oxygen atoms in total. The molecule has 0 aliphatic rings. The number of nitrogens with zero attached hydrogens (tertiary/aromatic N) is 1. The van der Waals surface area contributed by atoms with Crippen molar-refractivity contribution in [3.05, 3.63) is 47.0 Å². The van der Waals surface area contributed by atoms with E-state index in [9.17, 15) is 19.5 Å². The van der Waals surface area contributed by atoms with Crippen LogP contribution in [0.4, 0.5) is 0 Å². The van der Waals surface area contributed by atoms with Crippen LogP contribution in [0.5, 0.6) is 0 Å². The van der Waals surface area contributed by atoms with Crippen molar-refractivity contribution in [3.63, 3.8) is 0 Å². The molecule has 0 saturated heterocycles. The van der Waals surface area contributed by atoms with Gasteiger partial charge in [-0.3, -0.25) is 13.1 Å². The number of rotatable bonds is 12. The normalized spacial score (nSPS) is 15.2. The molecule has 37 heavy (non-hydrogen) atoms. The molecule has 0 aromatic heterocycles. The molecule has 2 amide bonds. The van der Waals surface area contributed by atoms with E-state index in [0.29, 0.717) is 0 Å². The van der Waals surface area contributed by atoms with Crippen LogP contribution in [-0.2, 0) is 26.3 Å². The van der Waals surface area contributed by atoms with Gasteiger partial charge in [0.05, 0.1) is 12.1 Å². The molecule has 4 N–H and O–H groups in total. The number of nitrogens with one attached hydrogen (secondary N) is 3. The summed E-state index contributed by atoms with van der Waals surface area (Å²) < 4.78 is 3.11. The highest BCUT2D eigenvalue weighted by molar-refractivity contribution is 14.1. The molecule has 1 aromatic carbocycles. The van der Waals surface area contributed by atoms with E-state index in [-0.39, 0.29) is 23.3 Å². The van der Waals surface area contributed by atoms with Gasteiger partial charge in [-0.2, -0.15) is 0 Å². The van der Waals surface area contributed by atoms with Crippen molar-refractivity contribution in [1.29, 1.82) is 0 Å². The largest absolute Gasteiger partial charge is 0.478 e. The first-order valence-corrected chi connectivity index (χ1v) is 13.7. The number of hydrogen-bond donors (Lipinski definition) is 4. The van der Waals surface area contributed by atoms with E-state index in [1.54, 1.807) is 25.1 Å². The van der Waals surface area contributed by atoms with Gasteiger partial charge < -0.3 is 20.6 Å². The number of likely N-dealkylation sites (N-methyl/N-ethyl adjacent to an activating group) is 2. The lowest BCUT2D eigenvalue weighted by molar-refractivity contribution is -0.141. The zero-order chi connectivity index (χ0) is 28.7. The molecule has 0 radical (unpaired) electrons. The minimum atomic E-state index is -1.02. The summed E-state index contributed by atoms with van der Waals surface area (Å²) in [5.74, 6) is -1.58. The number of halogens is 1. The summed E-state index contributed by atoms with van der Waals surface area (Å²) in [4.78, 5) is 40.4. The summed E-state index contributed by atoms with van der Waals surface area (Å²) in [7, 11) is 3.41. The second-order valence-corrected chi connectivity index (χ2v) is 12.4. The lowest BCUT2D eigenvalue weighted by Gasteiger charge is -2.40. The molecule has 0 unspecified atom stereocenters. The maximum atomic E-state index is 13.8. The number of aliphatic carboxylic acids is 1. The summed E-state index contributed by atoms with van der Waals surface area (Å²) in [6.45, 7) is 15.9. The topological polar surface area (TPSA) is 111 Å². The van der Waals surface area contributed by atoms with Crippen LogP contribution >= 0.6 is 22.9 Å². The van der Waals surface area contributed by atoms with E-state index in [4.69, 9.17) is 0 Å². The number of carbonyl (C=O) groups is 3. The molecule has 1 rings (SSSR count). The quantitative estimate of drug-likeness (QED) is 0.158. The van der Waals surface area contributed by atoms with Gasteiger partial charge >= 0.3 is 5.97 Å². The molecule has 0 fully saturated rings. The highest BCUT2D eigenvalue weighted by Gasteiger charge is 2.41. The molecule has 0 spiro atoms. The van der Waals surface area contributed by atoms with Gasteiger partial charge in [0.2, 0.25) is 11.8 Å². The van der Waals surface area contributed by atoms with Gasteiger partial charge in [0.25, 0.3) is 0 Å². The van der Waals surface area contributed by atoms with Crippen molar-refractivity contribution < 1.29 is 19.5 Å². The van der Waals surface area contributed by atoms with E-state index in [1.807, 2.05) is 72.7 Å². The maximum Gasteiger partial charge on any atom is 0.331 e. The van der Waals surface area contributed by atoms with Crippen LogP contribution in [0, 0.1) is 11.3 Å². The lowest BCUT2D eigenvalue weighted by Crippen LogP contribution is -2.61. The Morgan fingerprint density at radius 2 is 1.59 bits per heavy atom. The Bertz CT molecular complexity index is 967. The number of benzene rings is 1. The van der Waals surface area contributed by atoms with E-state index in [1.165, 1.54) is 6.92 Å². The third kappa shape index (κ3) is 8.78. The predicted molar refractivity (Wildman–Crippen MR) is 157 cm³/mol. The van der Waals surface area contributed by atoms with Crippen molar-refractivity contribution in [2.24, 2.45) is 11.3 Å². The van der Waals surface area contributed by atoms with Crippen molar-refractivity contribution in [2.75, 3.05) is 14.1 Å². The van der Waals surface area contributed by atoms with E-state index in [0.717, 1.165) is 17.7 Å². The fourth-order valence-electron chi connectivity index (χ4n) is 4.42. The first kappa shape index (κ1) is 33.0. The summed E-state index contributed by atoms with van der Waals surface area (Å²) >= 11 is 2.11. The van der Waals surface area contributed by atoms with Gasteiger partial charge in [-0.05, 0) is 36.4 Å². The first-order valence-electron chi connectivity index (χ1n) is 12.6.